The summed E-state index contributed by atoms with van der Waals surface area (Å²) in [5.74, 6) is 0. The van der Waals surface area contributed by atoms with E-state index in [4.69, 9.17) is 0 Å². The molecule has 2 heterocycles. The van der Waals surface area contributed by atoms with E-state index in [2.05, 4.69) is 20.6 Å². The monoisotopic (exact) mass is 318 g/mol. The summed E-state index contributed by atoms with van der Waals surface area (Å²) in [6.07, 6.45) is 10.2. The number of hydrogen-bond acceptors (Lipinski definition) is 5. The first-order valence-corrected chi connectivity index (χ1v) is 8.28. The van der Waals surface area contributed by atoms with E-state index >= 15 is 0 Å². The highest BCUT2D eigenvalue weighted by Crippen LogP contribution is 2.29. The molecule has 0 amide bonds. The molecule has 1 saturated carbocycles. The van der Waals surface area contributed by atoms with Crippen molar-refractivity contribution in [3.05, 3.63) is 30.1 Å². The van der Waals surface area contributed by atoms with Gasteiger partial charge in [-0.2, -0.15) is 0 Å². The smallest absolute Gasteiger partial charge is 0.114 e. The van der Waals surface area contributed by atoms with Gasteiger partial charge < -0.3 is 15.0 Å². The largest absolute Gasteiger partial charge is 0.384 e. The van der Waals surface area contributed by atoms with Crippen molar-refractivity contribution in [3.8, 4) is 0 Å². The van der Waals surface area contributed by atoms with Crippen LogP contribution in [0.15, 0.2) is 18.7 Å². The van der Waals surface area contributed by atoms with Gasteiger partial charge >= 0.3 is 0 Å². The molecule has 0 saturated heterocycles. The highest BCUT2D eigenvalue weighted by atomic mass is 16.3. The molecule has 1 aliphatic rings. The molecule has 2 atom stereocenters. The Kier molecular flexibility index (Phi) is 4.50. The highest BCUT2D eigenvalue weighted by Gasteiger charge is 2.29. The third kappa shape index (κ3) is 3.61. The van der Waals surface area contributed by atoms with Gasteiger partial charge in [-0.3, -0.25) is 0 Å². The number of aliphatic hydroxyl groups is 1. The number of hydrogen-bond donors (Lipinski definition) is 2. The molecule has 2 aromatic heterocycles. The van der Waals surface area contributed by atoms with Gasteiger partial charge in [0.05, 0.1) is 24.3 Å². The fraction of sp³-hybridized carbons (Fsp3) is 0.688. The van der Waals surface area contributed by atoms with E-state index in [0.717, 1.165) is 19.4 Å². The molecule has 0 bridgehead atoms. The van der Waals surface area contributed by atoms with E-state index in [1.54, 1.807) is 13.8 Å². The number of nitrogens with zero attached hydrogens (tertiary/aromatic N) is 5. The Hall–Kier alpha value is -1.73. The van der Waals surface area contributed by atoms with Crippen LogP contribution in [0, 0.1) is 0 Å². The summed E-state index contributed by atoms with van der Waals surface area (Å²) in [4.78, 5) is 4.16. The summed E-state index contributed by atoms with van der Waals surface area (Å²) in [5.41, 5.74) is 0.837. The third-order valence-corrected chi connectivity index (χ3v) is 4.67. The second-order valence-electron chi connectivity index (χ2n) is 6.98. The van der Waals surface area contributed by atoms with E-state index < -0.39 is 5.60 Å². The minimum absolute atomic E-state index is 0.278. The molecule has 0 unspecified atom stereocenters. The number of imidazole rings is 1. The summed E-state index contributed by atoms with van der Waals surface area (Å²) in [5, 5.41) is 22.1. The normalized spacial score (nSPS) is 22.4. The summed E-state index contributed by atoms with van der Waals surface area (Å²) in [6.45, 7) is 4.27. The fourth-order valence-electron chi connectivity index (χ4n) is 3.18. The van der Waals surface area contributed by atoms with Gasteiger partial charge in [-0.1, -0.05) is 18.1 Å². The van der Waals surface area contributed by atoms with Crippen molar-refractivity contribution in [2.45, 2.75) is 63.8 Å². The number of aromatic nitrogens is 5. The van der Waals surface area contributed by atoms with Crippen molar-refractivity contribution < 1.29 is 5.11 Å². The Morgan fingerprint density at radius 1 is 1.35 bits per heavy atom. The van der Waals surface area contributed by atoms with Gasteiger partial charge in [0.25, 0.3) is 0 Å². The predicted octanol–water partition coefficient (Wildman–Crippen LogP) is 1.51. The van der Waals surface area contributed by atoms with Crippen molar-refractivity contribution in [1.29, 1.82) is 0 Å². The van der Waals surface area contributed by atoms with Crippen LogP contribution in [0.3, 0.4) is 0 Å². The molecule has 2 aromatic rings. The molecule has 1 fully saturated rings. The van der Waals surface area contributed by atoms with Crippen LogP contribution in [-0.2, 0) is 19.2 Å². The molecule has 0 aliphatic heterocycles. The van der Waals surface area contributed by atoms with Crippen LogP contribution in [0.25, 0.3) is 0 Å². The van der Waals surface area contributed by atoms with Crippen LogP contribution in [-0.4, -0.2) is 35.7 Å². The van der Waals surface area contributed by atoms with E-state index in [1.807, 2.05) is 35.0 Å². The molecule has 23 heavy (non-hydrogen) atoms. The Morgan fingerprint density at radius 2 is 2.13 bits per heavy atom. The van der Waals surface area contributed by atoms with Crippen LogP contribution in [0.2, 0.25) is 0 Å². The maximum absolute atomic E-state index is 10.1. The van der Waals surface area contributed by atoms with Gasteiger partial charge in [-0.05, 0) is 26.7 Å². The number of aryl methyl sites for hydroxylation is 1. The second-order valence-corrected chi connectivity index (χ2v) is 6.98. The molecule has 0 aromatic carbocycles. The molecular weight excluding hydrogens is 292 g/mol. The Balaban J connectivity index is 1.71. The van der Waals surface area contributed by atoms with E-state index in [-0.39, 0.29) is 6.04 Å². The average molecular weight is 318 g/mol. The summed E-state index contributed by atoms with van der Waals surface area (Å²) < 4.78 is 3.96. The standard InChI is InChI=1S/C16H26N6O/c1-16(2,23)15-10-22(20-19-15)14-7-5-4-6-13(14)18-9-12-8-17-11-21(12)3/h8,10-11,13-14,18,23H,4-7,9H2,1-3H3/t13-,14+/m0/s1. The molecule has 2 N–H and O–H groups in total. The van der Waals surface area contributed by atoms with Gasteiger partial charge in [-0.25, -0.2) is 9.67 Å². The van der Waals surface area contributed by atoms with Gasteiger partial charge in [0.2, 0.25) is 0 Å². The summed E-state index contributed by atoms with van der Waals surface area (Å²) in [7, 11) is 2.01. The zero-order valence-electron chi connectivity index (χ0n) is 14.1. The third-order valence-electron chi connectivity index (χ3n) is 4.67. The van der Waals surface area contributed by atoms with Crippen molar-refractivity contribution in [2.75, 3.05) is 0 Å². The second kappa shape index (κ2) is 6.41. The lowest BCUT2D eigenvalue weighted by Crippen LogP contribution is -2.40. The van der Waals surface area contributed by atoms with Crippen LogP contribution in [0.4, 0.5) is 0 Å². The lowest BCUT2D eigenvalue weighted by Gasteiger charge is -2.32. The maximum Gasteiger partial charge on any atom is 0.114 e. The molecule has 0 radical (unpaired) electrons. The van der Waals surface area contributed by atoms with Crippen LogP contribution < -0.4 is 5.32 Å². The van der Waals surface area contributed by atoms with Gasteiger partial charge in [-0.15, -0.1) is 5.10 Å². The lowest BCUT2D eigenvalue weighted by molar-refractivity contribution is 0.0736. The van der Waals surface area contributed by atoms with Crippen LogP contribution >= 0.6 is 0 Å². The molecule has 0 spiro atoms. The summed E-state index contributed by atoms with van der Waals surface area (Å²) >= 11 is 0. The van der Waals surface area contributed by atoms with Crippen molar-refractivity contribution in [2.24, 2.45) is 7.05 Å². The van der Waals surface area contributed by atoms with E-state index in [1.165, 1.54) is 18.5 Å². The molecule has 3 rings (SSSR count). The van der Waals surface area contributed by atoms with Crippen LogP contribution in [0.5, 0.6) is 0 Å². The molecule has 7 heteroatoms. The number of nitrogens with one attached hydrogen (secondary N) is 1. The topological polar surface area (TPSA) is 80.8 Å². The first kappa shape index (κ1) is 16.1. The quantitative estimate of drug-likeness (QED) is 0.873. The SMILES string of the molecule is Cn1cncc1CN[C@H]1CCCC[C@H]1n1cc(C(C)(C)O)nn1. The molecule has 126 valence electrons. The Morgan fingerprint density at radius 3 is 2.78 bits per heavy atom. The van der Waals surface area contributed by atoms with E-state index in [0.29, 0.717) is 11.7 Å². The van der Waals surface area contributed by atoms with Gasteiger partial charge in [0.1, 0.15) is 11.3 Å². The minimum atomic E-state index is -0.954. The molecular formula is C16H26N6O. The summed E-state index contributed by atoms with van der Waals surface area (Å²) in [6, 6.07) is 0.635. The molecule has 1 aliphatic carbocycles. The first-order valence-electron chi connectivity index (χ1n) is 8.28. The fourth-order valence-corrected chi connectivity index (χ4v) is 3.18. The van der Waals surface area contributed by atoms with Crippen molar-refractivity contribution in [1.82, 2.24) is 29.9 Å². The van der Waals surface area contributed by atoms with Crippen LogP contribution in [0.1, 0.15) is 57.0 Å². The van der Waals surface area contributed by atoms with E-state index in [9.17, 15) is 5.11 Å². The zero-order chi connectivity index (χ0) is 16.4. The van der Waals surface area contributed by atoms with Gasteiger partial charge in [0, 0.05) is 25.8 Å². The molecule has 7 nitrogen and oxygen atoms in total. The average Bonchev–Trinajstić information content (AvgIpc) is 3.14. The van der Waals surface area contributed by atoms with Gasteiger partial charge in [0.15, 0.2) is 0 Å². The zero-order valence-corrected chi connectivity index (χ0v) is 14.1. The van der Waals surface area contributed by atoms with Crippen molar-refractivity contribution in [3.63, 3.8) is 0 Å². The predicted molar refractivity (Wildman–Crippen MR) is 86.6 cm³/mol. The first-order chi connectivity index (χ1) is 10.9. The lowest BCUT2D eigenvalue weighted by atomic mass is 9.90. The van der Waals surface area contributed by atoms with Crippen molar-refractivity contribution >= 4 is 0 Å². The minimum Gasteiger partial charge on any atom is -0.384 e. The Labute approximate surface area is 136 Å². The number of rotatable bonds is 5. The maximum atomic E-state index is 10.1. The highest BCUT2D eigenvalue weighted by molar-refractivity contribution is 5.04. The Bertz CT molecular complexity index is 641.